The summed E-state index contributed by atoms with van der Waals surface area (Å²) in [6.07, 6.45) is 2.79. The van der Waals surface area contributed by atoms with Gasteiger partial charge in [-0.3, -0.25) is 10.1 Å². The van der Waals surface area contributed by atoms with Gasteiger partial charge in [0.2, 0.25) is 0 Å². The maximum atomic E-state index is 11.3. The van der Waals surface area contributed by atoms with Crippen molar-refractivity contribution < 1.29 is 14.8 Å². The van der Waals surface area contributed by atoms with Gasteiger partial charge in [0.1, 0.15) is 5.69 Å². The minimum atomic E-state index is -0.385. The van der Waals surface area contributed by atoms with Crippen LogP contribution in [-0.4, -0.2) is 36.8 Å². The number of nitro groups is 1. The van der Waals surface area contributed by atoms with E-state index in [9.17, 15) is 10.1 Å². The van der Waals surface area contributed by atoms with Gasteiger partial charge >= 0.3 is 5.69 Å². The molecule has 0 spiro atoms. The number of anilines is 1. The Labute approximate surface area is 118 Å². The summed E-state index contributed by atoms with van der Waals surface area (Å²) < 4.78 is 5.10. The minimum Gasteiger partial charge on any atom is -0.490 e. The van der Waals surface area contributed by atoms with Gasteiger partial charge in [-0.15, -0.1) is 0 Å². The van der Waals surface area contributed by atoms with Crippen molar-refractivity contribution in [3.8, 4) is 5.75 Å². The second kappa shape index (κ2) is 6.56. The van der Waals surface area contributed by atoms with Crippen LogP contribution in [-0.2, 0) is 0 Å². The number of para-hydroxylation sites is 1. The second-order valence-electron chi connectivity index (χ2n) is 5.05. The Morgan fingerprint density at radius 3 is 3.00 bits per heavy atom. The van der Waals surface area contributed by atoms with E-state index in [1.54, 1.807) is 18.2 Å². The Morgan fingerprint density at radius 1 is 1.55 bits per heavy atom. The van der Waals surface area contributed by atoms with Gasteiger partial charge in [0, 0.05) is 19.7 Å². The maximum Gasteiger partial charge on any atom is 0.333 e. The molecule has 0 aromatic heterocycles. The van der Waals surface area contributed by atoms with Crippen molar-refractivity contribution >= 4 is 11.4 Å². The van der Waals surface area contributed by atoms with Crippen molar-refractivity contribution in [2.75, 3.05) is 31.7 Å². The molecule has 1 N–H and O–H groups in total. The number of nitrogens with zero attached hydrogens (tertiary/aromatic N) is 2. The first kappa shape index (κ1) is 14.6. The molecule has 1 aromatic carbocycles. The van der Waals surface area contributed by atoms with E-state index in [2.05, 4.69) is 0 Å². The summed E-state index contributed by atoms with van der Waals surface area (Å²) >= 11 is 0. The fraction of sp³-hybridized carbons (Fsp3) is 0.571. The Kier molecular flexibility index (Phi) is 4.79. The number of ether oxygens (including phenoxy) is 1. The van der Waals surface area contributed by atoms with Gasteiger partial charge in [0.15, 0.2) is 5.75 Å². The standard InChI is InChI=1S/C14H20N2O4/c1-20-13-6-2-5-12(14(13)16(18)19)15-8-3-4-11(10-15)7-9-17/h2,5-6,11,17H,3-4,7-10H2,1H3. The van der Waals surface area contributed by atoms with Crippen LogP contribution in [0, 0.1) is 16.0 Å². The summed E-state index contributed by atoms with van der Waals surface area (Å²) in [5.74, 6) is 0.677. The fourth-order valence-electron chi connectivity index (χ4n) is 2.82. The van der Waals surface area contributed by atoms with Crippen LogP contribution in [0.5, 0.6) is 5.75 Å². The highest BCUT2D eigenvalue weighted by Crippen LogP contribution is 2.38. The first-order valence-electron chi connectivity index (χ1n) is 6.84. The van der Waals surface area contributed by atoms with E-state index in [0.29, 0.717) is 11.6 Å². The van der Waals surface area contributed by atoms with E-state index in [4.69, 9.17) is 9.84 Å². The molecule has 1 saturated heterocycles. The molecule has 0 saturated carbocycles. The lowest BCUT2D eigenvalue weighted by Crippen LogP contribution is -2.36. The predicted molar refractivity (Wildman–Crippen MR) is 76.3 cm³/mol. The monoisotopic (exact) mass is 280 g/mol. The van der Waals surface area contributed by atoms with Crippen molar-refractivity contribution in [2.24, 2.45) is 5.92 Å². The number of piperidine rings is 1. The molecule has 1 aromatic rings. The summed E-state index contributed by atoms with van der Waals surface area (Å²) in [6, 6.07) is 5.15. The van der Waals surface area contributed by atoms with Crippen molar-refractivity contribution in [3.63, 3.8) is 0 Å². The molecular formula is C14H20N2O4. The number of aliphatic hydroxyl groups excluding tert-OH is 1. The van der Waals surface area contributed by atoms with Gasteiger partial charge < -0.3 is 14.7 Å². The Balaban J connectivity index is 2.29. The van der Waals surface area contributed by atoms with Crippen LogP contribution >= 0.6 is 0 Å². The van der Waals surface area contributed by atoms with Crippen molar-refractivity contribution in [1.29, 1.82) is 0 Å². The first-order valence-corrected chi connectivity index (χ1v) is 6.84. The van der Waals surface area contributed by atoms with E-state index < -0.39 is 0 Å². The van der Waals surface area contributed by atoms with E-state index in [1.807, 2.05) is 4.90 Å². The van der Waals surface area contributed by atoms with Gasteiger partial charge in [-0.25, -0.2) is 0 Å². The molecule has 0 aliphatic carbocycles. The van der Waals surface area contributed by atoms with Gasteiger partial charge in [-0.1, -0.05) is 6.07 Å². The third-order valence-corrected chi connectivity index (χ3v) is 3.78. The zero-order valence-electron chi connectivity index (χ0n) is 11.6. The summed E-state index contributed by atoms with van der Waals surface area (Å²) in [7, 11) is 1.44. The zero-order valence-corrected chi connectivity index (χ0v) is 11.6. The molecule has 1 atom stereocenters. The van der Waals surface area contributed by atoms with E-state index >= 15 is 0 Å². The number of hydrogen-bond donors (Lipinski definition) is 1. The lowest BCUT2D eigenvalue weighted by atomic mass is 9.94. The van der Waals surface area contributed by atoms with Gasteiger partial charge in [-0.2, -0.15) is 0 Å². The molecule has 1 heterocycles. The third kappa shape index (κ3) is 3.01. The van der Waals surface area contributed by atoms with Gasteiger partial charge in [-0.05, 0) is 37.3 Å². The Bertz CT molecular complexity index is 476. The van der Waals surface area contributed by atoms with Crippen molar-refractivity contribution in [3.05, 3.63) is 28.3 Å². The van der Waals surface area contributed by atoms with E-state index in [1.165, 1.54) is 7.11 Å². The molecule has 1 aliphatic rings. The van der Waals surface area contributed by atoms with Crippen LogP contribution in [0.4, 0.5) is 11.4 Å². The summed E-state index contributed by atoms with van der Waals surface area (Å²) in [5.41, 5.74) is 0.636. The number of hydrogen-bond acceptors (Lipinski definition) is 5. The van der Waals surface area contributed by atoms with Crippen LogP contribution in [0.2, 0.25) is 0 Å². The van der Waals surface area contributed by atoms with Crippen LogP contribution in [0.15, 0.2) is 18.2 Å². The number of methoxy groups -OCH3 is 1. The molecule has 1 aliphatic heterocycles. The number of benzene rings is 1. The molecular weight excluding hydrogens is 260 g/mol. The average molecular weight is 280 g/mol. The molecule has 6 nitrogen and oxygen atoms in total. The summed E-state index contributed by atoms with van der Waals surface area (Å²) in [4.78, 5) is 13.0. The normalized spacial score (nSPS) is 18.9. The number of rotatable bonds is 5. The largest absolute Gasteiger partial charge is 0.490 e. The topological polar surface area (TPSA) is 75.8 Å². The van der Waals surface area contributed by atoms with Crippen LogP contribution in [0.3, 0.4) is 0 Å². The molecule has 1 unspecified atom stereocenters. The van der Waals surface area contributed by atoms with E-state index in [-0.39, 0.29) is 23.0 Å². The van der Waals surface area contributed by atoms with E-state index in [0.717, 1.165) is 32.4 Å². The summed E-state index contributed by atoms with van der Waals surface area (Å²) in [5, 5.41) is 20.4. The quantitative estimate of drug-likeness (QED) is 0.661. The van der Waals surface area contributed by atoms with Crippen LogP contribution in [0.1, 0.15) is 19.3 Å². The second-order valence-corrected chi connectivity index (χ2v) is 5.05. The lowest BCUT2D eigenvalue weighted by Gasteiger charge is -2.34. The first-order chi connectivity index (χ1) is 9.67. The highest BCUT2D eigenvalue weighted by atomic mass is 16.6. The number of nitro benzene ring substituents is 1. The molecule has 6 heteroatoms. The molecule has 0 bridgehead atoms. The highest BCUT2D eigenvalue weighted by Gasteiger charge is 2.28. The average Bonchev–Trinajstić information content (AvgIpc) is 2.47. The SMILES string of the molecule is COc1cccc(N2CCCC(CCO)C2)c1[N+](=O)[O-]. The number of aliphatic hydroxyl groups is 1. The van der Waals surface area contributed by atoms with Crippen molar-refractivity contribution in [2.45, 2.75) is 19.3 Å². The molecule has 20 heavy (non-hydrogen) atoms. The Morgan fingerprint density at radius 2 is 2.35 bits per heavy atom. The summed E-state index contributed by atoms with van der Waals surface area (Å²) in [6.45, 7) is 1.71. The Hall–Kier alpha value is -1.82. The van der Waals surface area contributed by atoms with Gasteiger partial charge in [0.05, 0.1) is 12.0 Å². The van der Waals surface area contributed by atoms with Crippen LogP contribution in [0.25, 0.3) is 0 Å². The molecule has 110 valence electrons. The van der Waals surface area contributed by atoms with Crippen LogP contribution < -0.4 is 9.64 Å². The molecule has 0 radical (unpaired) electrons. The third-order valence-electron chi connectivity index (χ3n) is 3.78. The zero-order chi connectivity index (χ0) is 14.5. The van der Waals surface area contributed by atoms with Gasteiger partial charge in [0.25, 0.3) is 0 Å². The minimum absolute atomic E-state index is 0.0275. The molecule has 1 fully saturated rings. The molecule has 0 amide bonds. The lowest BCUT2D eigenvalue weighted by molar-refractivity contribution is -0.385. The highest BCUT2D eigenvalue weighted by molar-refractivity contribution is 5.70. The maximum absolute atomic E-state index is 11.3. The van der Waals surface area contributed by atoms with Crippen molar-refractivity contribution in [1.82, 2.24) is 0 Å². The fourth-order valence-corrected chi connectivity index (χ4v) is 2.82. The molecule has 2 rings (SSSR count). The predicted octanol–water partition coefficient (Wildman–Crippen LogP) is 2.20. The smallest absolute Gasteiger partial charge is 0.333 e.